The van der Waals surface area contributed by atoms with E-state index in [1.807, 2.05) is 13.0 Å². The SMILES string of the molecule is Cc1ccc(CC(=O)c2cccc(OC(F)F)c2)c(Cl)c1. The van der Waals surface area contributed by atoms with Crippen molar-refractivity contribution >= 4 is 17.4 Å². The van der Waals surface area contributed by atoms with Crippen molar-refractivity contribution in [1.29, 1.82) is 0 Å². The van der Waals surface area contributed by atoms with E-state index in [1.54, 1.807) is 18.2 Å². The van der Waals surface area contributed by atoms with Gasteiger partial charge in [-0.05, 0) is 36.2 Å². The number of ketones is 1. The molecule has 0 aliphatic rings. The van der Waals surface area contributed by atoms with Crippen molar-refractivity contribution in [3.05, 3.63) is 64.2 Å². The number of carbonyl (C=O) groups excluding carboxylic acids is 1. The Kier molecular flexibility index (Phi) is 4.91. The minimum Gasteiger partial charge on any atom is -0.435 e. The highest BCUT2D eigenvalue weighted by Crippen LogP contribution is 2.21. The Bertz CT molecular complexity index is 656. The molecule has 0 saturated carbocycles. The predicted octanol–water partition coefficient (Wildman–Crippen LogP) is 4.68. The molecule has 0 radical (unpaired) electrons. The molecular weight excluding hydrogens is 298 g/mol. The second kappa shape index (κ2) is 6.68. The van der Waals surface area contributed by atoms with Crippen LogP contribution in [0.2, 0.25) is 5.02 Å². The maximum Gasteiger partial charge on any atom is 0.387 e. The van der Waals surface area contributed by atoms with Gasteiger partial charge in [0.05, 0.1) is 0 Å². The normalized spacial score (nSPS) is 10.7. The minimum absolute atomic E-state index is 0.0362. The predicted molar refractivity (Wildman–Crippen MR) is 77.3 cm³/mol. The highest BCUT2D eigenvalue weighted by Gasteiger charge is 2.12. The third-order valence-corrected chi connectivity index (χ3v) is 3.29. The molecule has 21 heavy (non-hydrogen) atoms. The van der Waals surface area contributed by atoms with Crippen molar-refractivity contribution in [2.45, 2.75) is 20.0 Å². The lowest BCUT2D eigenvalue weighted by atomic mass is 10.0. The fraction of sp³-hybridized carbons (Fsp3) is 0.188. The van der Waals surface area contributed by atoms with Gasteiger partial charge in [0.1, 0.15) is 5.75 Å². The number of halogens is 3. The molecule has 0 spiro atoms. The number of hydrogen-bond donors (Lipinski definition) is 0. The second-order valence-corrected chi connectivity index (χ2v) is 5.01. The second-order valence-electron chi connectivity index (χ2n) is 4.60. The zero-order valence-corrected chi connectivity index (χ0v) is 12.0. The van der Waals surface area contributed by atoms with Gasteiger partial charge in [0.25, 0.3) is 0 Å². The third-order valence-electron chi connectivity index (χ3n) is 2.94. The fourth-order valence-electron chi connectivity index (χ4n) is 1.92. The molecule has 0 unspecified atom stereocenters. The van der Waals surface area contributed by atoms with Crippen molar-refractivity contribution < 1.29 is 18.3 Å². The van der Waals surface area contributed by atoms with Crippen LogP contribution in [0.3, 0.4) is 0 Å². The maximum atomic E-state index is 12.2. The molecule has 2 rings (SSSR count). The molecule has 0 fully saturated rings. The Morgan fingerprint density at radius 3 is 2.67 bits per heavy atom. The smallest absolute Gasteiger partial charge is 0.387 e. The summed E-state index contributed by atoms with van der Waals surface area (Å²) in [5.74, 6) is -0.244. The van der Waals surface area contributed by atoms with E-state index in [2.05, 4.69) is 4.74 Å². The van der Waals surface area contributed by atoms with Crippen LogP contribution in [0.1, 0.15) is 21.5 Å². The monoisotopic (exact) mass is 310 g/mol. The van der Waals surface area contributed by atoms with Crippen LogP contribution in [0, 0.1) is 6.92 Å². The molecule has 0 bridgehead atoms. The molecule has 2 aromatic rings. The summed E-state index contributed by atoms with van der Waals surface area (Å²) in [6, 6.07) is 11.2. The van der Waals surface area contributed by atoms with Gasteiger partial charge in [-0.3, -0.25) is 4.79 Å². The van der Waals surface area contributed by atoms with Crippen LogP contribution >= 0.6 is 11.6 Å². The lowest BCUT2D eigenvalue weighted by Gasteiger charge is -2.07. The van der Waals surface area contributed by atoms with E-state index in [0.717, 1.165) is 5.56 Å². The van der Waals surface area contributed by atoms with E-state index in [9.17, 15) is 13.6 Å². The molecule has 0 aliphatic carbocycles. The topological polar surface area (TPSA) is 26.3 Å². The van der Waals surface area contributed by atoms with Crippen molar-refractivity contribution in [3.63, 3.8) is 0 Å². The Morgan fingerprint density at radius 1 is 1.24 bits per heavy atom. The summed E-state index contributed by atoms with van der Waals surface area (Å²) >= 11 is 6.09. The van der Waals surface area contributed by atoms with E-state index in [1.165, 1.54) is 18.2 Å². The number of carbonyl (C=O) groups is 1. The zero-order valence-electron chi connectivity index (χ0n) is 11.3. The Balaban J connectivity index is 2.16. The zero-order chi connectivity index (χ0) is 15.4. The molecule has 0 aromatic heterocycles. The van der Waals surface area contributed by atoms with E-state index in [0.29, 0.717) is 16.1 Å². The summed E-state index contributed by atoms with van der Waals surface area (Å²) in [6.45, 7) is -1.01. The van der Waals surface area contributed by atoms with Crippen LogP contribution in [0.4, 0.5) is 8.78 Å². The van der Waals surface area contributed by atoms with Crippen LogP contribution in [0.25, 0.3) is 0 Å². The van der Waals surface area contributed by atoms with Gasteiger partial charge in [-0.25, -0.2) is 0 Å². The first-order valence-electron chi connectivity index (χ1n) is 6.29. The highest BCUT2D eigenvalue weighted by atomic mass is 35.5. The molecule has 0 heterocycles. The quantitative estimate of drug-likeness (QED) is 0.750. The van der Waals surface area contributed by atoms with Crippen LogP contribution in [0.5, 0.6) is 5.75 Å². The number of alkyl halides is 2. The first kappa shape index (κ1) is 15.4. The average Bonchev–Trinajstić information content (AvgIpc) is 2.41. The van der Waals surface area contributed by atoms with E-state index in [-0.39, 0.29) is 18.0 Å². The van der Waals surface area contributed by atoms with E-state index < -0.39 is 6.61 Å². The molecule has 0 N–H and O–H groups in total. The van der Waals surface area contributed by atoms with Gasteiger partial charge in [0.15, 0.2) is 5.78 Å². The molecule has 2 aromatic carbocycles. The highest BCUT2D eigenvalue weighted by molar-refractivity contribution is 6.31. The van der Waals surface area contributed by atoms with Gasteiger partial charge in [0.2, 0.25) is 0 Å². The number of hydrogen-bond acceptors (Lipinski definition) is 2. The van der Waals surface area contributed by atoms with E-state index >= 15 is 0 Å². The van der Waals surface area contributed by atoms with Crippen molar-refractivity contribution in [1.82, 2.24) is 0 Å². The van der Waals surface area contributed by atoms with Crippen molar-refractivity contribution in [2.24, 2.45) is 0 Å². The van der Waals surface area contributed by atoms with Crippen LogP contribution in [0.15, 0.2) is 42.5 Å². The number of Topliss-reactive ketones (excluding diaryl/α,β-unsaturated/α-hetero) is 1. The van der Waals surface area contributed by atoms with E-state index in [4.69, 9.17) is 11.6 Å². The summed E-state index contributed by atoms with van der Waals surface area (Å²) in [7, 11) is 0. The summed E-state index contributed by atoms with van der Waals surface area (Å²) in [6.07, 6.45) is 0.108. The molecule has 2 nitrogen and oxygen atoms in total. The largest absolute Gasteiger partial charge is 0.435 e. The number of aryl methyl sites for hydroxylation is 1. The molecule has 110 valence electrons. The molecule has 0 amide bonds. The van der Waals surface area contributed by atoms with Crippen molar-refractivity contribution in [3.8, 4) is 5.75 Å². The summed E-state index contributed by atoms with van der Waals surface area (Å²) in [5.41, 5.74) is 2.01. The summed E-state index contributed by atoms with van der Waals surface area (Å²) in [4.78, 5) is 12.2. The van der Waals surface area contributed by atoms with Gasteiger partial charge < -0.3 is 4.74 Å². The Hall–Kier alpha value is -1.94. The summed E-state index contributed by atoms with van der Waals surface area (Å²) < 4.78 is 28.6. The number of rotatable bonds is 5. The fourth-order valence-corrected chi connectivity index (χ4v) is 2.22. The van der Waals surface area contributed by atoms with Gasteiger partial charge in [0, 0.05) is 17.0 Å². The standard InChI is InChI=1S/C16H13ClF2O2/c1-10-5-6-11(14(17)7-10)9-15(20)12-3-2-4-13(8-12)21-16(18)19/h2-8,16H,9H2,1H3. The van der Waals surface area contributed by atoms with Gasteiger partial charge in [-0.15, -0.1) is 0 Å². The third kappa shape index (κ3) is 4.26. The molecule has 0 saturated heterocycles. The van der Waals surface area contributed by atoms with Gasteiger partial charge in [-0.2, -0.15) is 8.78 Å². The average molecular weight is 311 g/mol. The molecule has 5 heteroatoms. The maximum absolute atomic E-state index is 12.2. The first-order valence-corrected chi connectivity index (χ1v) is 6.66. The van der Waals surface area contributed by atoms with Crippen LogP contribution < -0.4 is 4.74 Å². The van der Waals surface area contributed by atoms with Gasteiger partial charge >= 0.3 is 6.61 Å². The van der Waals surface area contributed by atoms with Crippen LogP contribution in [-0.2, 0) is 6.42 Å². The minimum atomic E-state index is -2.91. The van der Waals surface area contributed by atoms with Crippen molar-refractivity contribution in [2.75, 3.05) is 0 Å². The Labute approximate surface area is 126 Å². The molecule has 0 atom stereocenters. The number of benzene rings is 2. The van der Waals surface area contributed by atoms with Gasteiger partial charge in [-0.1, -0.05) is 35.9 Å². The number of ether oxygens (including phenoxy) is 1. The Morgan fingerprint density at radius 2 is 2.00 bits per heavy atom. The molecular formula is C16H13ClF2O2. The molecule has 0 aliphatic heterocycles. The lowest BCUT2D eigenvalue weighted by molar-refractivity contribution is -0.0498. The van der Waals surface area contributed by atoms with Crippen LogP contribution in [-0.4, -0.2) is 12.4 Å². The lowest BCUT2D eigenvalue weighted by Crippen LogP contribution is -2.06. The summed E-state index contributed by atoms with van der Waals surface area (Å²) in [5, 5.41) is 0.517. The first-order chi connectivity index (χ1) is 9.95.